The molecule has 4 nitrogen and oxygen atoms in total. The highest BCUT2D eigenvalue weighted by Gasteiger charge is 2.15. The highest BCUT2D eigenvalue weighted by molar-refractivity contribution is 4.74. The lowest BCUT2D eigenvalue weighted by molar-refractivity contribution is 0.0769. The maximum Gasteiger partial charge on any atom is 0.0593 e. The molecule has 1 aliphatic rings. The van der Waals surface area contributed by atoms with Crippen LogP contribution < -0.4 is 5.73 Å². The quantitative estimate of drug-likeness (QED) is 0.628. The number of likely N-dealkylation sites (tertiary alicyclic amines) is 1. The number of ether oxygens (including phenoxy) is 2. The van der Waals surface area contributed by atoms with Gasteiger partial charge in [-0.05, 0) is 25.8 Å². The lowest BCUT2D eigenvalue weighted by Crippen LogP contribution is -2.44. The Kier molecular flexibility index (Phi) is 6.92. The van der Waals surface area contributed by atoms with Crippen molar-refractivity contribution in [2.24, 2.45) is 5.73 Å². The van der Waals surface area contributed by atoms with E-state index in [0.717, 1.165) is 39.3 Å². The van der Waals surface area contributed by atoms with Crippen molar-refractivity contribution in [3.63, 3.8) is 0 Å². The number of nitrogens with zero attached hydrogens (tertiary/aromatic N) is 1. The predicted octanol–water partition coefficient (Wildman–Crippen LogP) is 0.463. The highest BCUT2D eigenvalue weighted by atomic mass is 16.5. The summed E-state index contributed by atoms with van der Waals surface area (Å²) in [5, 5.41) is 0. The minimum atomic E-state index is 0.368. The van der Waals surface area contributed by atoms with E-state index < -0.39 is 0 Å². The third-order valence-electron chi connectivity index (χ3n) is 2.73. The molecular weight excluding hydrogens is 192 g/mol. The van der Waals surface area contributed by atoms with Crippen molar-refractivity contribution >= 4 is 0 Å². The van der Waals surface area contributed by atoms with Crippen LogP contribution in [0.4, 0.5) is 0 Å². The van der Waals surface area contributed by atoms with Crippen LogP contribution in [-0.2, 0) is 9.47 Å². The number of methoxy groups -OCH3 is 1. The molecule has 0 radical (unpaired) electrons. The standard InChI is InChI=1S/C11H24N2O2/c1-14-7-3-8-15-9-6-13-5-2-4-11(12)10-13/h11H,2-10,12H2,1H3/t11-/m1/s1. The summed E-state index contributed by atoms with van der Waals surface area (Å²) < 4.78 is 10.5. The fourth-order valence-electron chi connectivity index (χ4n) is 1.90. The molecule has 1 aliphatic heterocycles. The van der Waals surface area contributed by atoms with Crippen molar-refractivity contribution in [1.29, 1.82) is 0 Å². The second-order valence-electron chi connectivity index (χ2n) is 4.16. The van der Waals surface area contributed by atoms with Crippen LogP contribution in [-0.4, -0.2) is 57.5 Å². The lowest BCUT2D eigenvalue weighted by Gasteiger charge is -2.30. The van der Waals surface area contributed by atoms with Gasteiger partial charge < -0.3 is 15.2 Å². The SMILES string of the molecule is COCCCOCCN1CCC[C@@H](N)C1. The minimum Gasteiger partial charge on any atom is -0.385 e. The Morgan fingerprint density at radius 1 is 1.33 bits per heavy atom. The molecule has 1 saturated heterocycles. The molecule has 90 valence electrons. The Hall–Kier alpha value is -0.160. The van der Waals surface area contributed by atoms with Gasteiger partial charge in [-0.15, -0.1) is 0 Å². The Morgan fingerprint density at radius 3 is 2.93 bits per heavy atom. The zero-order chi connectivity index (χ0) is 10.9. The maximum atomic E-state index is 5.90. The second kappa shape index (κ2) is 8.05. The van der Waals surface area contributed by atoms with Gasteiger partial charge in [0, 0.05) is 39.5 Å². The summed E-state index contributed by atoms with van der Waals surface area (Å²) in [6.45, 7) is 5.62. The molecular formula is C11H24N2O2. The summed E-state index contributed by atoms with van der Waals surface area (Å²) in [6, 6.07) is 0.368. The van der Waals surface area contributed by atoms with Gasteiger partial charge in [0.2, 0.25) is 0 Å². The number of rotatable bonds is 7. The molecule has 0 saturated carbocycles. The van der Waals surface area contributed by atoms with E-state index in [0.29, 0.717) is 6.04 Å². The third kappa shape index (κ3) is 6.10. The van der Waals surface area contributed by atoms with Crippen LogP contribution in [0.15, 0.2) is 0 Å². The van der Waals surface area contributed by atoms with Gasteiger partial charge in [-0.25, -0.2) is 0 Å². The first-order chi connectivity index (χ1) is 7.33. The molecule has 15 heavy (non-hydrogen) atoms. The summed E-state index contributed by atoms with van der Waals surface area (Å²) in [5.74, 6) is 0. The Bertz CT molecular complexity index is 156. The molecule has 0 aromatic heterocycles. The summed E-state index contributed by atoms with van der Waals surface area (Å²) in [6.07, 6.45) is 3.38. The molecule has 0 aromatic rings. The monoisotopic (exact) mass is 216 g/mol. The van der Waals surface area contributed by atoms with Gasteiger partial charge in [0.1, 0.15) is 0 Å². The summed E-state index contributed by atoms with van der Waals surface area (Å²) in [7, 11) is 1.72. The van der Waals surface area contributed by atoms with E-state index in [4.69, 9.17) is 15.2 Å². The van der Waals surface area contributed by atoms with Crippen molar-refractivity contribution in [2.75, 3.05) is 46.6 Å². The molecule has 2 N–H and O–H groups in total. The fourth-order valence-corrected chi connectivity index (χ4v) is 1.90. The molecule has 1 atom stereocenters. The van der Waals surface area contributed by atoms with E-state index in [1.54, 1.807) is 7.11 Å². The Balaban J connectivity index is 1.90. The molecule has 0 aliphatic carbocycles. The van der Waals surface area contributed by atoms with E-state index in [9.17, 15) is 0 Å². The van der Waals surface area contributed by atoms with E-state index >= 15 is 0 Å². The average molecular weight is 216 g/mol. The van der Waals surface area contributed by atoms with Gasteiger partial charge in [-0.2, -0.15) is 0 Å². The fraction of sp³-hybridized carbons (Fsp3) is 1.00. The van der Waals surface area contributed by atoms with Crippen LogP contribution in [0.5, 0.6) is 0 Å². The Labute approximate surface area is 92.7 Å². The zero-order valence-electron chi connectivity index (χ0n) is 9.78. The molecule has 0 amide bonds. The predicted molar refractivity (Wildman–Crippen MR) is 61.0 cm³/mol. The van der Waals surface area contributed by atoms with Crippen LogP contribution in [0.3, 0.4) is 0 Å². The first-order valence-electron chi connectivity index (χ1n) is 5.87. The van der Waals surface area contributed by atoms with Crippen molar-refractivity contribution in [1.82, 2.24) is 4.90 Å². The van der Waals surface area contributed by atoms with Gasteiger partial charge in [-0.1, -0.05) is 0 Å². The van der Waals surface area contributed by atoms with Crippen molar-refractivity contribution in [3.05, 3.63) is 0 Å². The van der Waals surface area contributed by atoms with E-state index in [2.05, 4.69) is 4.90 Å². The first-order valence-corrected chi connectivity index (χ1v) is 5.87. The molecule has 0 unspecified atom stereocenters. The lowest BCUT2D eigenvalue weighted by atomic mass is 10.1. The van der Waals surface area contributed by atoms with Crippen molar-refractivity contribution < 1.29 is 9.47 Å². The topological polar surface area (TPSA) is 47.7 Å². The van der Waals surface area contributed by atoms with Gasteiger partial charge >= 0.3 is 0 Å². The molecule has 1 rings (SSSR count). The average Bonchev–Trinajstić information content (AvgIpc) is 2.23. The van der Waals surface area contributed by atoms with E-state index in [1.165, 1.54) is 19.4 Å². The molecule has 1 fully saturated rings. The van der Waals surface area contributed by atoms with Gasteiger partial charge in [-0.3, -0.25) is 4.90 Å². The first kappa shape index (κ1) is 12.9. The third-order valence-corrected chi connectivity index (χ3v) is 2.73. The molecule has 1 heterocycles. The van der Waals surface area contributed by atoms with Crippen LogP contribution in [0.25, 0.3) is 0 Å². The summed E-state index contributed by atoms with van der Waals surface area (Å²) >= 11 is 0. The largest absolute Gasteiger partial charge is 0.385 e. The molecule has 4 heteroatoms. The molecule has 0 bridgehead atoms. The normalized spacial score (nSPS) is 23.2. The molecule has 0 spiro atoms. The number of hydrogen-bond donors (Lipinski definition) is 1. The Morgan fingerprint density at radius 2 is 2.20 bits per heavy atom. The summed E-state index contributed by atoms with van der Waals surface area (Å²) in [4.78, 5) is 2.39. The summed E-state index contributed by atoms with van der Waals surface area (Å²) in [5.41, 5.74) is 5.90. The highest BCUT2D eigenvalue weighted by Crippen LogP contribution is 2.07. The van der Waals surface area contributed by atoms with Crippen LogP contribution in [0.2, 0.25) is 0 Å². The van der Waals surface area contributed by atoms with Gasteiger partial charge in [0.05, 0.1) is 6.61 Å². The van der Waals surface area contributed by atoms with Gasteiger partial charge in [0.15, 0.2) is 0 Å². The van der Waals surface area contributed by atoms with Crippen LogP contribution in [0.1, 0.15) is 19.3 Å². The van der Waals surface area contributed by atoms with Crippen LogP contribution >= 0.6 is 0 Å². The van der Waals surface area contributed by atoms with Crippen molar-refractivity contribution in [2.45, 2.75) is 25.3 Å². The molecule has 0 aromatic carbocycles. The number of piperidine rings is 1. The van der Waals surface area contributed by atoms with Crippen LogP contribution in [0, 0.1) is 0 Å². The number of hydrogen-bond acceptors (Lipinski definition) is 4. The smallest absolute Gasteiger partial charge is 0.0593 e. The zero-order valence-corrected chi connectivity index (χ0v) is 9.78. The van der Waals surface area contributed by atoms with Gasteiger partial charge in [0.25, 0.3) is 0 Å². The maximum absolute atomic E-state index is 5.90. The minimum absolute atomic E-state index is 0.368. The van der Waals surface area contributed by atoms with E-state index in [1.807, 2.05) is 0 Å². The van der Waals surface area contributed by atoms with Crippen molar-refractivity contribution in [3.8, 4) is 0 Å². The number of nitrogens with two attached hydrogens (primary N) is 1. The van der Waals surface area contributed by atoms with E-state index in [-0.39, 0.29) is 0 Å². The second-order valence-corrected chi connectivity index (χ2v) is 4.16.